The van der Waals surface area contributed by atoms with Crippen LogP contribution in [0.4, 0.5) is 0 Å². The number of piperazine rings is 1. The van der Waals surface area contributed by atoms with Gasteiger partial charge < -0.3 is 10.2 Å². The average Bonchev–Trinajstić information content (AvgIpc) is 2.91. The quantitative estimate of drug-likeness (QED) is 0.922. The van der Waals surface area contributed by atoms with Crippen molar-refractivity contribution in [2.75, 3.05) is 13.1 Å². The molecule has 1 amide bonds. The van der Waals surface area contributed by atoms with E-state index < -0.39 is 0 Å². The number of rotatable bonds is 2. The summed E-state index contributed by atoms with van der Waals surface area (Å²) >= 11 is 0. The highest BCUT2D eigenvalue weighted by Gasteiger charge is 2.30. The molecular formula is C17H25N5O. The molecule has 124 valence electrons. The molecule has 0 aliphatic carbocycles. The van der Waals surface area contributed by atoms with E-state index in [4.69, 9.17) is 0 Å². The Hall–Kier alpha value is -1.95. The molecule has 2 aromatic rings. The maximum Gasteiger partial charge on any atom is 0.256 e. The van der Waals surface area contributed by atoms with Crippen LogP contribution in [0.25, 0.3) is 11.0 Å². The zero-order valence-electron chi connectivity index (χ0n) is 14.5. The zero-order chi connectivity index (χ0) is 16.7. The number of hydrogen-bond donors (Lipinski definition) is 1. The summed E-state index contributed by atoms with van der Waals surface area (Å²) in [6.07, 6.45) is 1.79. The molecule has 0 spiro atoms. The lowest BCUT2D eigenvalue weighted by atomic mass is 10.0. The van der Waals surface area contributed by atoms with Gasteiger partial charge in [0.15, 0.2) is 5.65 Å². The fourth-order valence-corrected chi connectivity index (χ4v) is 3.16. The first-order valence-electron chi connectivity index (χ1n) is 8.29. The van der Waals surface area contributed by atoms with E-state index in [1.165, 1.54) is 0 Å². The van der Waals surface area contributed by atoms with Crippen molar-refractivity contribution in [3.05, 3.63) is 23.5 Å². The first kappa shape index (κ1) is 15.9. The van der Waals surface area contributed by atoms with Crippen molar-refractivity contribution in [2.24, 2.45) is 0 Å². The normalized spacial score (nSPS) is 22.1. The van der Waals surface area contributed by atoms with Gasteiger partial charge in [0, 0.05) is 36.6 Å². The molecule has 1 fully saturated rings. The number of fused-ring (bicyclic) bond motifs is 1. The van der Waals surface area contributed by atoms with Crippen molar-refractivity contribution in [1.82, 2.24) is 25.0 Å². The maximum atomic E-state index is 13.0. The number of carbonyl (C=O) groups excluding carboxylic acids is 1. The Morgan fingerprint density at radius 1 is 1.39 bits per heavy atom. The lowest BCUT2D eigenvalue weighted by Crippen LogP contribution is -2.57. The monoisotopic (exact) mass is 315 g/mol. The van der Waals surface area contributed by atoms with Gasteiger partial charge in [-0.15, -0.1) is 0 Å². The first-order valence-corrected chi connectivity index (χ1v) is 8.29. The van der Waals surface area contributed by atoms with E-state index in [2.05, 4.69) is 43.1 Å². The maximum absolute atomic E-state index is 13.0. The Balaban J connectivity index is 1.99. The Morgan fingerprint density at radius 3 is 2.83 bits per heavy atom. The number of pyridine rings is 1. The number of carbonyl (C=O) groups is 1. The molecule has 6 nitrogen and oxygen atoms in total. The van der Waals surface area contributed by atoms with Gasteiger partial charge in [-0.3, -0.25) is 4.79 Å². The van der Waals surface area contributed by atoms with Crippen LogP contribution in [0.1, 0.15) is 49.8 Å². The van der Waals surface area contributed by atoms with E-state index in [0.29, 0.717) is 11.6 Å². The largest absolute Gasteiger partial charge is 0.333 e. The van der Waals surface area contributed by atoms with Crippen molar-refractivity contribution in [1.29, 1.82) is 0 Å². The second-order valence-electron chi connectivity index (χ2n) is 6.70. The highest BCUT2D eigenvalue weighted by molar-refractivity contribution is 5.98. The summed E-state index contributed by atoms with van der Waals surface area (Å²) < 4.78 is 1.89. The fourth-order valence-electron chi connectivity index (χ4n) is 3.16. The fraction of sp³-hybridized carbons (Fsp3) is 0.588. The minimum Gasteiger partial charge on any atom is -0.333 e. The highest BCUT2D eigenvalue weighted by Crippen LogP contribution is 2.22. The first-order chi connectivity index (χ1) is 10.9. The van der Waals surface area contributed by atoms with Crippen LogP contribution in [0, 0.1) is 6.92 Å². The van der Waals surface area contributed by atoms with Gasteiger partial charge in [-0.2, -0.15) is 5.10 Å². The Morgan fingerprint density at radius 2 is 2.13 bits per heavy atom. The highest BCUT2D eigenvalue weighted by atomic mass is 16.2. The summed E-state index contributed by atoms with van der Waals surface area (Å²) in [4.78, 5) is 19.6. The van der Waals surface area contributed by atoms with Crippen LogP contribution in [-0.2, 0) is 0 Å². The van der Waals surface area contributed by atoms with E-state index in [1.807, 2.05) is 22.6 Å². The summed E-state index contributed by atoms with van der Waals surface area (Å²) in [5, 5.41) is 8.72. The van der Waals surface area contributed by atoms with Crippen molar-refractivity contribution >= 4 is 16.9 Å². The van der Waals surface area contributed by atoms with Gasteiger partial charge in [-0.25, -0.2) is 9.67 Å². The Bertz CT molecular complexity index is 736. The zero-order valence-corrected chi connectivity index (χ0v) is 14.5. The van der Waals surface area contributed by atoms with Crippen LogP contribution >= 0.6 is 0 Å². The van der Waals surface area contributed by atoms with Gasteiger partial charge in [0.05, 0.1) is 17.5 Å². The molecule has 0 aromatic carbocycles. The van der Waals surface area contributed by atoms with E-state index in [-0.39, 0.29) is 18.0 Å². The van der Waals surface area contributed by atoms with Crippen LogP contribution in [0.3, 0.4) is 0 Å². The van der Waals surface area contributed by atoms with Crippen LogP contribution in [0.15, 0.2) is 12.3 Å². The SMILES string of the molecule is Cc1nc2c(cnn2C(C)C)cc1C(=O)N1CCNC(C)C1C. The lowest BCUT2D eigenvalue weighted by Gasteiger charge is -2.38. The molecule has 3 rings (SSSR count). The number of hydrogen-bond acceptors (Lipinski definition) is 4. The minimum absolute atomic E-state index is 0.0649. The molecule has 0 bridgehead atoms. The van der Waals surface area contributed by atoms with Gasteiger partial charge in [0.25, 0.3) is 5.91 Å². The predicted octanol–water partition coefficient (Wildman–Crippen LogP) is 2.14. The topological polar surface area (TPSA) is 63.1 Å². The number of nitrogens with zero attached hydrogens (tertiary/aromatic N) is 4. The smallest absolute Gasteiger partial charge is 0.256 e. The molecule has 2 aromatic heterocycles. The number of nitrogens with one attached hydrogen (secondary N) is 1. The van der Waals surface area contributed by atoms with Crippen molar-refractivity contribution in [3.63, 3.8) is 0 Å². The Kier molecular flexibility index (Phi) is 4.10. The van der Waals surface area contributed by atoms with Crippen LogP contribution < -0.4 is 5.32 Å². The molecule has 0 radical (unpaired) electrons. The van der Waals surface area contributed by atoms with Crippen molar-refractivity contribution in [3.8, 4) is 0 Å². The molecule has 1 aliphatic rings. The molecule has 1 aliphatic heterocycles. The summed E-state index contributed by atoms with van der Waals surface area (Å²) in [5.41, 5.74) is 2.29. The third-order valence-electron chi connectivity index (χ3n) is 4.77. The lowest BCUT2D eigenvalue weighted by molar-refractivity contribution is 0.0602. The van der Waals surface area contributed by atoms with Gasteiger partial charge in [0.2, 0.25) is 0 Å². The van der Waals surface area contributed by atoms with Gasteiger partial charge in [0.1, 0.15) is 0 Å². The van der Waals surface area contributed by atoms with Gasteiger partial charge >= 0.3 is 0 Å². The molecule has 1 N–H and O–H groups in total. The molecule has 1 saturated heterocycles. The summed E-state index contributed by atoms with van der Waals surface area (Å²) in [6, 6.07) is 2.65. The third-order valence-corrected chi connectivity index (χ3v) is 4.77. The third kappa shape index (κ3) is 2.72. The molecular weight excluding hydrogens is 290 g/mol. The molecule has 6 heteroatoms. The minimum atomic E-state index is 0.0649. The molecule has 23 heavy (non-hydrogen) atoms. The van der Waals surface area contributed by atoms with Crippen LogP contribution in [0.5, 0.6) is 0 Å². The summed E-state index contributed by atoms with van der Waals surface area (Å²) in [7, 11) is 0. The Labute approximate surface area is 136 Å². The molecule has 3 heterocycles. The standard InChI is InChI=1S/C17H25N5O/c1-10(2)22-16-14(9-19-22)8-15(12(4)20-16)17(23)21-7-6-18-11(3)13(21)5/h8-11,13,18H,6-7H2,1-5H3. The van der Waals surface area contributed by atoms with E-state index >= 15 is 0 Å². The van der Waals surface area contributed by atoms with E-state index in [1.54, 1.807) is 6.20 Å². The van der Waals surface area contributed by atoms with Crippen LogP contribution in [-0.4, -0.2) is 50.7 Å². The number of aryl methyl sites for hydroxylation is 1. The van der Waals surface area contributed by atoms with Crippen molar-refractivity contribution < 1.29 is 4.79 Å². The van der Waals surface area contributed by atoms with E-state index in [9.17, 15) is 4.79 Å². The van der Waals surface area contributed by atoms with Gasteiger partial charge in [-0.1, -0.05) is 0 Å². The second kappa shape index (κ2) is 5.92. The predicted molar refractivity (Wildman–Crippen MR) is 90.6 cm³/mol. The molecule has 2 atom stereocenters. The van der Waals surface area contributed by atoms with Gasteiger partial charge in [-0.05, 0) is 40.7 Å². The van der Waals surface area contributed by atoms with Crippen molar-refractivity contribution in [2.45, 2.75) is 52.7 Å². The number of aromatic nitrogens is 3. The molecule has 0 saturated carbocycles. The average molecular weight is 315 g/mol. The second-order valence-corrected chi connectivity index (χ2v) is 6.70. The number of amides is 1. The summed E-state index contributed by atoms with van der Waals surface area (Å²) in [5.74, 6) is 0.0649. The van der Waals surface area contributed by atoms with Crippen LogP contribution in [0.2, 0.25) is 0 Å². The molecule has 2 unspecified atom stereocenters. The summed E-state index contributed by atoms with van der Waals surface area (Å²) in [6.45, 7) is 11.8. The van der Waals surface area contributed by atoms with E-state index in [0.717, 1.165) is 29.8 Å².